The van der Waals surface area contributed by atoms with Crippen LogP contribution in [-0.2, 0) is 46.5 Å². The molecule has 3 fully saturated rings. The molecule has 0 saturated carbocycles. The zero-order chi connectivity index (χ0) is 56.0. The van der Waals surface area contributed by atoms with Crippen LogP contribution in [0.3, 0.4) is 0 Å². The zero-order valence-corrected chi connectivity index (χ0v) is 46.0. The second-order valence-electron chi connectivity index (χ2n) is 20.8. The van der Waals surface area contributed by atoms with E-state index in [2.05, 4.69) is 78.2 Å². The fraction of sp³-hybridized carbons (Fsp3) is 0.492. The summed E-state index contributed by atoms with van der Waals surface area (Å²) in [6, 6.07) is 18.4. The summed E-state index contributed by atoms with van der Waals surface area (Å²) in [5, 5.41) is 10.9. The molecule has 79 heavy (non-hydrogen) atoms. The number of aromatic nitrogens is 1. The molecule has 3 aromatic carbocycles. The molecule has 0 aliphatic carbocycles. The van der Waals surface area contributed by atoms with Gasteiger partial charge in [0.15, 0.2) is 0 Å². The van der Waals surface area contributed by atoms with Crippen LogP contribution in [-0.4, -0.2) is 159 Å². The third-order valence-electron chi connectivity index (χ3n) is 15.2. The van der Waals surface area contributed by atoms with Gasteiger partial charge >= 0.3 is 0 Å². The molecule has 0 bridgehead atoms. The summed E-state index contributed by atoms with van der Waals surface area (Å²) in [5.74, 6) is -3.25. The minimum Gasteiger partial charge on any atom is -0.381 e. The summed E-state index contributed by atoms with van der Waals surface area (Å²) in [6.07, 6.45) is 5.02. The van der Waals surface area contributed by atoms with E-state index in [9.17, 15) is 38.4 Å². The Morgan fingerprint density at radius 2 is 1.51 bits per heavy atom. The van der Waals surface area contributed by atoms with Gasteiger partial charge in [0.25, 0.3) is 23.3 Å². The Balaban J connectivity index is 0.696. The van der Waals surface area contributed by atoms with E-state index in [4.69, 9.17) is 14.2 Å². The van der Waals surface area contributed by atoms with E-state index in [1.807, 2.05) is 32.9 Å². The molecule has 0 radical (unpaired) electrons. The number of nitrogens with one attached hydrogen (secondary N) is 5. The Bertz CT molecular complexity index is 2930. The Kier molecular flexibility index (Phi) is 20.3. The first-order chi connectivity index (χ1) is 38.2. The highest BCUT2D eigenvalue weighted by atomic mass is 16.5. The van der Waals surface area contributed by atoms with E-state index < -0.39 is 35.6 Å². The molecule has 8 rings (SSSR count). The predicted octanol–water partition coefficient (Wildman–Crippen LogP) is 4.77. The number of hydrogen-bond donors (Lipinski definition) is 5. The van der Waals surface area contributed by atoms with Gasteiger partial charge in [0.1, 0.15) is 12.6 Å². The lowest BCUT2D eigenvalue weighted by Gasteiger charge is -2.37. The Morgan fingerprint density at radius 1 is 0.772 bits per heavy atom. The third-order valence-corrected chi connectivity index (χ3v) is 15.2. The number of nitrogens with zero attached hydrogens (tertiary/aromatic N) is 4. The van der Waals surface area contributed by atoms with Gasteiger partial charge in [0.05, 0.1) is 23.4 Å². The van der Waals surface area contributed by atoms with Crippen LogP contribution in [0.2, 0.25) is 0 Å². The number of rotatable bonds is 25. The minimum absolute atomic E-state index is 0.00357. The molecule has 4 aliphatic rings. The van der Waals surface area contributed by atoms with Crippen molar-refractivity contribution >= 4 is 52.7 Å². The summed E-state index contributed by atoms with van der Waals surface area (Å²) < 4.78 is 16.9. The SMILES string of the molecule is CCN(c1cc(-c2ccc(CN3CCN(CC(=O)NCCCCCOCCCOCC(=O)Nc4cccc5c4C(=O)N(C4CCC(=O)NC4=O)C5=O)CC3)cc2)cc(C(=O)NCc2c(C)cc(C)[nH]c2=O)c1C)C1CCOCC1. The monoisotopic (exact) mass is 1090 g/mol. The second kappa shape index (κ2) is 27.7. The number of carbonyl (C=O) groups excluding carboxylic acids is 7. The number of aromatic amines is 1. The molecule has 1 atom stereocenters. The highest BCUT2D eigenvalue weighted by Gasteiger charge is 2.46. The van der Waals surface area contributed by atoms with E-state index in [0.29, 0.717) is 63.1 Å². The maximum atomic E-state index is 14.0. The summed E-state index contributed by atoms with van der Waals surface area (Å²) in [6.45, 7) is 16.3. The number of piperidine rings is 1. The second-order valence-corrected chi connectivity index (χ2v) is 20.8. The van der Waals surface area contributed by atoms with Crippen LogP contribution in [0, 0.1) is 20.8 Å². The number of carbonyl (C=O) groups is 7. The number of anilines is 2. The third kappa shape index (κ3) is 15.0. The van der Waals surface area contributed by atoms with Crippen molar-refractivity contribution in [1.29, 1.82) is 0 Å². The van der Waals surface area contributed by atoms with Crippen molar-refractivity contribution in [3.05, 3.63) is 116 Å². The number of unbranched alkanes of at least 4 members (excludes halogenated alkanes) is 2. The van der Waals surface area contributed by atoms with Crippen molar-refractivity contribution in [1.82, 2.24) is 35.6 Å². The number of ether oxygens (including phenoxy) is 3. The van der Waals surface area contributed by atoms with Gasteiger partial charge in [-0.05, 0) is 131 Å². The number of aryl methyl sites for hydroxylation is 2. The molecule has 4 aliphatic heterocycles. The molecule has 0 spiro atoms. The average Bonchev–Trinajstić information content (AvgIpc) is 3.84. The van der Waals surface area contributed by atoms with Crippen LogP contribution >= 0.6 is 0 Å². The molecule has 20 heteroatoms. The molecule has 3 saturated heterocycles. The molecule has 1 aromatic heterocycles. The average molecular weight is 1090 g/mol. The molecule has 422 valence electrons. The molecule has 7 amide bonds. The van der Waals surface area contributed by atoms with E-state index >= 15 is 0 Å². The van der Waals surface area contributed by atoms with Crippen molar-refractivity contribution in [3.63, 3.8) is 0 Å². The molecule has 20 nitrogen and oxygen atoms in total. The van der Waals surface area contributed by atoms with Gasteiger partial charge in [-0.2, -0.15) is 0 Å². The molecule has 4 aromatic rings. The van der Waals surface area contributed by atoms with Crippen LogP contribution in [0.1, 0.15) is 117 Å². The normalized spacial score (nSPS) is 17.2. The molecular weight excluding hydrogens is 1010 g/mol. The number of amides is 7. The first-order valence-corrected chi connectivity index (χ1v) is 27.8. The lowest BCUT2D eigenvalue weighted by atomic mass is 9.94. The van der Waals surface area contributed by atoms with Gasteiger partial charge in [0, 0.05) is 120 Å². The molecule has 5 N–H and O–H groups in total. The smallest absolute Gasteiger partial charge is 0.264 e. The Hall–Kier alpha value is -7.10. The Labute approximate surface area is 461 Å². The molecule has 1 unspecified atom stereocenters. The number of fused-ring (bicyclic) bond motifs is 1. The van der Waals surface area contributed by atoms with Gasteiger partial charge in [0.2, 0.25) is 23.6 Å². The van der Waals surface area contributed by atoms with E-state index in [1.54, 1.807) is 0 Å². The fourth-order valence-corrected chi connectivity index (χ4v) is 10.9. The van der Waals surface area contributed by atoms with Crippen molar-refractivity contribution in [2.45, 2.75) is 104 Å². The van der Waals surface area contributed by atoms with Crippen molar-refractivity contribution in [2.24, 2.45) is 0 Å². The largest absolute Gasteiger partial charge is 0.381 e. The lowest BCUT2D eigenvalue weighted by molar-refractivity contribution is -0.136. The topological polar surface area (TPSA) is 241 Å². The number of pyridine rings is 1. The van der Waals surface area contributed by atoms with Gasteiger partial charge in [-0.1, -0.05) is 30.3 Å². The van der Waals surface area contributed by atoms with Crippen molar-refractivity contribution < 1.29 is 47.8 Å². The lowest BCUT2D eigenvalue weighted by Crippen LogP contribution is -2.54. The van der Waals surface area contributed by atoms with Crippen LogP contribution in [0.4, 0.5) is 11.4 Å². The van der Waals surface area contributed by atoms with Gasteiger partial charge in [-0.15, -0.1) is 0 Å². The molecule has 5 heterocycles. The summed E-state index contributed by atoms with van der Waals surface area (Å²) in [7, 11) is 0. The van der Waals surface area contributed by atoms with Crippen molar-refractivity contribution in [2.75, 3.05) is 95.7 Å². The van der Waals surface area contributed by atoms with E-state index in [-0.39, 0.29) is 66.8 Å². The van der Waals surface area contributed by atoms with E-state index in [1.165, 1.54) is 23.8 Å². The summed E-state index contributed by atoms with van der Waals surface area (Å²) in [5.41, 5.74) is 7.85. The molecular formula is C59H75N9O11. The number of imide groups is 2. The zero-order valence-electron chi connectivity index (χ0n) is 46.0. The number of piperazine rings is 1. The quantitative estimate of drug-likeness (QED) is 0.0444. The van der Waals surface area contributed by atoms with Crippen LogP contribution in [0.5, 0.6) is 0 Å². The predicted molar refractivity (Wildman–Crippen MR) is 298 cm³/mol. The standard InChI is InChI=1S/C59H75N9O11/c1-5-67(44-19-29-78-30-20-44)50-33-43(32-46(40(50)4)55(72)61-34-47-38(2)31-39(3)62-56(47)73)42-15-13-41(14-16-42)35-65-22-24-66(25-23-65)36-52(70)60-21-7-6-8-26-77-27-10-28-79-37-53(71)63-48-12-9-11-45-54(48)59(76)68(58(45)75)49-17-18-51(69)64-57(49)74/h9,11-16,31-33,44,49H,5-8,10,17-30,34-37H2,1-4H3,(H,60,70)(H,61,72)(H,62,73)(H,63,71)(H,64,69,74). The number of hydrogen-bond acceptors (Lipinski definition) is 14. The maximum Gasteiger partial charge on any atom is 0.264 e. The fourth-order valence-electron chi connectivity index (χ4n) is 10.9. The highest BCUT2D eigenvalue weighted by Crippen LogP contribution is 2.35. The number of benzene rings is 3. The summed E-state index contributed by atoms with van der Waals surface area (Å²) >= 11 is 0. The van der Waals surface area contributed by atoms with Crippen LogP contribution in [0.15, 0.2) is 65.5 Å². The number of H-pyrrole nitrogens is 1. The van der Waals surface area contributed by atoms with Crippen molar-refractivity contribution in [3.8, 4) is 11.1 Å². The Morgan fingerprint density at radius 3 is 2.24 bits per heavy atom. The first kappa shape index (κ1) is 58.1. The van der Waals surface area contributed by atoms with Gasteiger partial charge < -0.3 is 40.0 Å². The van der Waals surface area contributed by atoms with Gasteiger partial charge in [-0.3, -0.25) is 58.4 Å². The first-order valence-electron chi connectivity index (χ1n) is 27.8. The summed E-state index contributed by atoms with van der Waals surface area (Å²) in [4.78, 5) is 113. The highest BCUT2D eigenvalue weighted by molar-refractivity contribution is 6.26. The van der Waals surface area contributed by atoms with Crippen LogP contribution < -0.4 is 31.7 Å². The minimum atomic E-state index is -1.11. The van der Waals surface area contributed by atoms with E-state index in [0.717, 1.165) is 110 Å². The van der Waals surface area contributed by atoms with Crippen LogP contribution in [0.25, 0.3) is 11.1 Å². The maximum absolute atomic E-state index is 14.0. The van der Waals surface area contributed by atoms with Gasteiger partial charge in [-0.25, -0.2) is 0 Å².